The highest BCUT2D eigenvalue weighted by molar-refractivity contribution is 6.04. The molecule has 0 saturated heterocycles. The summed E-state index contributed by atoms with van der Waals surface area (Å²) < 4.78 is 0. The SMILES string of the molecule is CN(C)C/C=C/C(=O)Nc1ccccc1-c1c[nH]c2ncccc12. The number of amides is 1. The molecule has 0 saturated carbocycles. The molecule has 0 aliphatic carbocycles. The van der Waals surface area contributed by atoms with Gasteiger partial charge in [0.05, 0.1) is 0 Å². The van der Waals surface area contributed by atoms with Crippen LogP contribution < -0.4 is 5.32 Å². The van der Waals surface area contributed by atoms with Crippen LogP contribution in [0.15, 0.2) is 60.9 Å². The van der Waals surface area contributed by atoms with Gasteiger partial charge in [0, 0.05) is 47.2 Å². The first kappa shape index (κ1) is 16.0. The molecule has 0 fully saturated rings. The summed E-state index contributed by atoms with van der Waals surface area (Å²) in [5.41, 5.74) is 3.60. The highest BCUT2D eigenvalue weighted by Crippen LogP contribution is 2.32. The molecular weight excluding hydrogens is 300 g/mol. The third-order valence-corrected chi connectivity index (χ3v) is 3.67. The first-order valence-electron chi connectivity index (χ1n) is 7.79. The summed E-state index contributed by atoms with van der Waals surface area (Å²) in [5.74, 6) is -0.137. The number of aromatic amines is 1. The van der Waals surface area contributed by atoms with Gasteiger partial charge in [-0.2, -0.15) is 0 Å². The van der Waals surface area contributed by atoms with E-state index in [4.69, 9.17) is 0 Å². The van der Waals surface area contributed by atoms with Crippen molar-refractivity contribution in [3.05, 3.63) is 60.9 Å². The maximum atomic E-state index is 12.1. The predicted molar refractivity (Wildman–Crippen MR) is 97.9 cm³/mol. The Labute approximate surface area is 141 Å². The lowest BCUT2D eigenvalue weighted by Gasteiger charge is -2.09. The van der Waals surface area contributed by atoms with Gasteiger partial charge in [-0.3, -0.25) is 4.79 Å². The van der Waals surface area contributed by atoms with E-state index in [0.29, 0.717) is 0 Å². The summed E-state index contributed by atoms with van der Waals surface area (Å²) in [6.07, 6.45) is 7.08. The zero-order valence-corrected chi connectivity index (χ0v) is 13.8. The van der Waals surface area contributed by atoms with Gasteiger partial charge in [0.25, 0.3) is 0 Å². The van der Waals surface area contributed by atoms with Gasteiger partial charge in [-0.15, -0.1) is 0 Å². The van der Waals surface area contributed by atoms with Gasteiger partial charge in [-0.05, 0) is 32.3 Å². The van der Waals surface area contributed by atoms with E-state index in [1.807, 2.05) is 67.7 Å². The van der Waals surface area contributed by atoms with Crippen molar-refractivity contribution in [2.75, 3.05) is 26.0 Å². The van der Waals surface area contributed by atoms with E-state index in [2.05, 4.69) is 15.3 Å². The number of benzene rings is 1. The normalized spacial score (nSPS) is 11.5. The zero-order chi connectivity index (χ0) is 16.9. The number of para-hydroxylation sites is 1. The molecule has 0 radical (unpaired) electrons. The van der Waals surface area contributed by atoms with E-state index in [-0.39, 0.29) is 5.91 Å². The van der Waals surface area contributed by atoms with Gasteiger partial charge >= 0.3 is 0 Å². The molecule has 0 spiro atoms. The molecule has 5 heteroatoms. The molecule has 0 atom stereocenters. The summed E-state index contributed by atoms with van der Waals surface area (Å²) in [5, 5.41) is 3.99. The van der Waals surface area contributed by atoms with Gasteiger partial charge in [-0.25, -0.2) is 4.98 Å². The van der Waals surface area contributed by atoms with Gasteiger partial charge in [0.15, 0.2) is 0 Å². The van der Waals surface area contributed by atoms with Gasteiger partial charge in [0.2, 0.25) is 5.91 Å². The number of H-pyrrole nitrogens is 1. The number of pyridine rings is 1. The molecule has 0 aliphatic heterocycles. The minimum atomic E-state index is -0.137. The van der Waals surface area contributed by atoms with Crippen LogP contribution in [0.25, 0.3) is 22.2 Å². The fraction of sp³-hybridized carbons (Fsp3) is 0.158. The van der Waals surface area contributed by atoms with Crippen molar-refractivity contribution < 1.29 is 4.79 Å². The van der Waals surface area contributed by atoms with Crippen molar-refractivity contribution in [1.29, 1.82) is 0 Å². The molecule has 1 amide bonds. The van der Waals surface area contributed by atoms with Crippen molar-refractivity contribution >= 4 is 22.6 Å². The quantitative estimate of drug-likeness (QED) is 0.709. The van der Waals surface area contributed by atoms with Crippen molar-refractivity contribution in [3.8, 4) is 11.1 Å². The molecular formula is C19H20N4O. The lowest BCUT2D eigenvalue weighted by atomic mass is 10.0. The third-order valence-electron chi connectivity index (χ3n) is 3.67. The minimum Gasteiger partial charge on any atom is -0.346 e. The Hall–Kier alpha value is -2.92. The van der Waals surface area contributed by atoms with Crippen LogP contribution in [0.3, 0.4) is 0 Å². The lowest BCUT2D eigenvalue weighted by molar-refractivity contribution is -0.111. The van der Waals surface area contributed by atoms with Crippen LogP contribution in [0.4, 0.5) is 5.69 Å². The minimum absolute atomic E-state index is 0.137. The number of carbonyl (C=O) groups is 1. The molecule has 2 aromatic heterocycles. The molecule has 3 rings (SSSR count). The monoisotopic (exact) mass is 320 g/mol. The highest BCUT2D eigenvalue weighted by Gasteiger charge is 2.11. The van der Waals surface area contributed by atoms with Gasteiger partial charge in [0.1, 0.15) is 5.65 Å². The summed E-state index contributed by atoms with van der Waals surface area (Å²) >= 11 is 0. The Kier molecular flexibility index (Phi) is 4.72. The molecule has 122 valence electrons. The van der Waals surface area contributed by atoms with Crippen LogP contribution in [-0.2, 0) is 4.79 Å². The number of rotatable bonds is 5. The molecule has 0 bridgehead atoms. The van der Waals surface area contributed by atoms with Crippen LogP contribution in [0.5, 0.6) is 0 Å². The van der Waals surface area contributed by atoms with Gasteiger partial charge < -0.3 is 15.2 Å². The molecule has 1 aromatic carbocycles. The molecule has 2 heterocycles. The maximum Gasteiger partial charge on any atom is 0.248 e. The summed E-state index contributed by atoms with van der Waals surface area (Å²) in [6, 6.07) is 11.7. The number of aromatic nitrogens is 2. The van der Waals surface area contributed by atoms with E-state index in [9.17, 15) is 4.79 Å². The largest absolute Gasteiger partial charge is 0.346 e. The Balaban J connectivity index is 1.89. The number of fused-ring (bicyclic) bond motifs is 1. The number of hydrogen-bond acceptors (Lipinski definition) is 3. The predicted octanol–water partition coefficient (Wildman–Crippen LogP) is 3.29. The number of hydrogen-bond donors (Lipinski definition) is 2. The number of nitrogens with zero attached hydrogens (tertiary/aromatic N) is 2. The van der Waals surface area contributed by atoms with Crippen LogP contribution in [0.1, 0.15) is 0 Å². The maximum absolute atomic E-state index is 12.1. The van der Waals surface area contributed by atoms with E-state index in [0.717, 1.165) is 34.4 Å². The number of anilines is 1. The van der Waals surface area contributed by atoms with Crippen LogP contribution in [0.2, 0.25) is 0 Å². The second-order valence-electron chi connectivity index (χ2n) is 5.80. The summed E-state index contributed by atoms with van der Waals surface area (Å²) in [6.45, 7) is 0.725. The lowest BCUT2D eigenvalue weighted by Crippen LogP contribution is -2.13. The smallest absolute Gasteiger partial charge is 0.248 e. The fourth-order valence-electron chi connectivity index (χ4n) is 2.55. The molecule has 0 aliphatic rings. The molecule has 5 nitrogen and oxygen atoms in total. The average Bonchev–Trinajstić information content (AvgIpc) is 2.99. The number of nitrogens with one attached hydrogen (secondary N) is 2. The Morgan fingerprint density at radius 3 is 2.88 bits per heavy atom. The number of carbonyl (C=O) groups excluding carboxylic acids is 1. The second-order valence-corrected chi connectivity index (χ2v) is 5.80. The second kappa shape index (κ2) is 7.10. The van der Waals surface area contributed by atoms with Crippen molar-refractivity contribution in [2.24, 2.45) is 0 Å². The van der Waals surface area contributed by atoms with Crippen LogP contribution in [0, 0.1) is 0 Å². The molecule has 2 N–H and O–H groups in total. The van der Waals surface area contributed by atoms with Crippen LogP contribution in [-0.4, -0.2) is 41.4 Å². The van der Waals surface area contributed by atoms with E-state index in [1.54, 1.807) is 12.3 Å². The average molecular weight is 320 g/mol. The third kappa shape index (κ3) is 3.52. The zero-order valence-electron chi connectivity index (χ0n) is 13.8. The Morgan fingerprint density at radius 2 is 2.04 bits per heavy atom. The molecule has 0 unspecified atom stereocenters. The number of likely N-dealkylation sites (N-methyl/N-ethyl adjacent to an activating group) is 1. The summed E-state index contributed by atoms with van der Waals surface area (Å²) in [7, 11) is 3.92. The van der Waals surface area contributed by atoms with E-state index < -0.39 is 0 Å². The Morgan fingerprint density at radius 1 is 1.21 bits per heavy atom. The first-order valence-corrected chi connectivity index (χ1v) is 7.79. The van der Waals surface area contributed by atoms with E-state index in [1.165, 1.54) is 0 Å². The van der Waals surface area contributed by atoms with Crippen molar-refractivity contribution in [1.82, 2.24) is 14.9 Å². The summed E-state index contributed by atoms with van der Waals surface area (Å²) in [4.78, 5) is 21.6. The van der Waals surface area contributed by atoms with Crippen molar-refractivity contribution in [2.45, 2.75) is 0 Å². The van der Waals surface area contributed by atoms with Crippen molar-refractivity contribution in [3.63, 3.8) is 0 Å². The molecule has 24 heavy (non-hydrogen) atoms. The highest BCUT2D eigenvalue weighted by atomic mass is 16.1. The van der Waals surface area contributed by atoms with Crippen LogP contribution >= 0.6 is 0 Å². The standard InChI is InChI=1S/C19H20N4O/c1-23(2)12-6-10-18(24)22-17-9-4-3-7-14(17)16-13-21-19-15(16)8-5-11-20-19/h3-11,13H,12H2,1-2H3,(H,20,21)(H,22,24)/b10-6+. The van der Waals surface area contributed by atoms with E-state index >= 15 is 0 Å². The molecule has 3 aromatic rings. The fourth-order valence-corrected chi connectivity index (χ4v) is 2.55. The topological polar surface area (TPSA) is 61.0 Å². The Bertz CT molecular complexity index is 880. The van der Waals surface area contributed by atoms with Gasteiger partial charge in [-0.1, -0.05) is 24.3 Å². The first-order chi connectivity index (χ1) is 11.6.